The molecule has 1 heterocycles. The molecule has 10 heteroatoms. The highest BCUT2D eigenvalue weighted by atomic mass is 35.5. The summed E-state index contributed by atoms with van der Waals surface area (Å²) in [4.78, 5) is 23.1. The summed E-state index contributed by atoms with van der Waals surface area (Å²) in [5, 5.41) is 13.9. The Morgan fingerprint density at radius 1 is 1.21 bits per heavy atom. The summed E-state index contributed by atoms with van der Waals surface area (Å²) in [6.07, 6.45) is 0. The molecule has 0 amide bonds. The Morgan fingerprint density at radius 2 is 1.85 bits per heavy atom. The maximum Gasteiger partial charge on any atom is 0.370 e. The second-order valence-electron chi connectivity index (χ2n) is 8.04. The van der Waals surface area contributed by atoms with Crippen LogP contribution in [0.1, 0.15) is 43.3 Å². The Balaban J connectivity index is 2.39. The van der Waals surface area contributed by atoms with E-state index in [2.05, 4.69) is 36.7 Å². The lowest BCUT2D eigenvalue weighted by Crippen LogP contribution is -2.11. The van der Waals surface area contributed by atoms with Crippen molar-refractivity contribution in [1.82, 2.24) is 9.78 Å². The minimum atomic E-state index is -0.722. The van der Waals surface area contributed by atoms with E-state index in [4.69, 9.17) is 21.1 Å². The SMILES string of the molecule is COC(=O)CSC(=O)OCO/C(=C(/C#N)c1ccc(C(C)(C)C)cc1)c1c(Cl)c(C)nn1C. The van der Waals surface area contributed by atoms with Crippen LogP contribution < -0.4 is 0 Å². The highest BCUT2D eigenvalue weighted by Crippen LogP contribution is 2.34. The van der Waals surface area contributed by atoms with E-state index in [0.717, 1.165) is 5.56 Å². The van der Waals surface area contributed by atoms with E-state index >= 15 is 0 Å². The first kappa shape index (κ1) is 26.3. The van der Waals surface area contributed by atoms with E-state index in [9.17, 15) is 14.9 Å². The highest BCUT2D eigenvalue weighted by molar-refractivity contribution is 8.13. The molecule has 0 saturated heterocycles. The molecule has 0 atom stereocenters. The van der Waals surface area contributed by atoms with Crippen molar-refractivity contribution in [1.29, 1.82) is 5.26 Å². The summed E-state index contributed by atoms with van der Waals surface area (Å²) < 4.78 is 16.8. The molecule has 33 heavy (non-hydrogen) atoms. The lowest BCUT2D eigenvalue weighted by atomic mass is 9.86. The van der Waals surface area contributed by atoms with Crippen molar-refractivity contribution in [2.24, 2.45) is 7.05 Å². The molecule has 0 aliphatic rings. The van der Waals surface area contributed by atoms with Crippen LogP contribution >= 0.6 is 23.4 Å². The van der Waals surface area contributed by atoms with Gasteiger partial charge < -0.3 is 14.2 Å². The van der Waals surface area contributed by atoms with E-state index in [1.165, 1.54) is 11.8 Å². The lowest BCUT2D eigenvalue weighted by Gasteiger charge is -2.19. The molecule has 0 bridgehead atoms. The van der Waals surface area contributed by atoms with Crippen LogP contribution in [-0.4, -0.2) is 40.7 Å². The van der Waals surface area contributed by atoms with Gasteiger partial charge in [-0.25, -0.2) is 4.79 Å². The smallest absolute Gasteiger partial charge is 0.370 e. The molecule has 176 valence electrons. The van der Waals surface area contributed by atoms with Crippen LogP contribution in [0.2, 0.25) is 5.02 Å². The summed E-state index contributed by atoms with van der Waals surface area (Å²) in [7, 11) is 2.90. The van der Waals surface area contributed by atoms with Gasteiger partial charge in [0.25, 0.3) is 0 Å². The molecule has 0 unspecified atom stereocenters. The molecule has 0 aliphatic carbocycles. The maximum atomic E-state index is 11.9. The van der Waals surface area contributed by atoms with Gasteiger partial charge in [-0.2, -0.15) is 10.4 Å². The predicted molar refractivity (Wildman–Crippen MR) is 127 cm³/mol. The quantitative estimate of drug-likeness (QED) is 0.228. The largest absolute Gasteiger partial charge is 0.468 e. The topological polar surface area (TPSA) is 103 Å². The van der Waals surface area contributed by atoms with Crippen LogP contribution in [0.4, 0.5) is 4.79 Å². The number of allylic oxidation sites excluding steroid dienone is 1. The molecule has 0 saturated carbocycles. The zero-order valence-electron chi connectivity index (χ0n) is 19.4. The summed E-state index contributed by atoms with van der Waals surface area (Å²) in [5.74, 6) is -0.616. The van der Waals surface area contributed by atoms with Crippen LogP contribution in [-0.2, 0) is 31.5 Å². The van der Waals surface area contributed by atoms with Crippen LogP contribution in [0.5, 0.6) is 0 Å². The molecule has 1 aromatic carbocycles. The first-order valence-electron chi connectivity index (χ1n) is 9.93. The third kappa shape index (κ3) is 6.76. The summed E-state index contributed by atoms with van der Waals surface area (Å²) in [6, 6.07) is 9.73. The fourth-order valence-electron chi connectivity index (χ4n) is 2.88. The van der Waals surface area contributed by atoms with Crippen LogP contribution in [0, 0.1) is 18.3 Å². The average Bonchev–Trinajstić information content (AvgIpc) is 3.02. The van der Waals surface area contributed by atoms with Gasteiger partial charge in [-0.15, -0.1) is 0 Å². The fraction of sp³-hybridized carbons (Fsp3) is 0.391. The van der Waals surface area contributed by atoms with Gasteiger partial charge in [0, 0.05) is 7.05 Å². The van der Waals surface area contributed by atoms with Crippen molar-refractivity contribution >= 4 is 46.0 Å². The number of thioether (sulfide) groups is 1. The standard InChI is InChI=1S/C23H26ClN3O5S/c1-14-19(24)20(27(5)26-14)21(31-13-32-22(29)33-12-18(28)30-6)17(11-25)15-7-9-16(10-8-15)23(2,3)4/h7-10H,12-13H2,1-6H3/b21-17-. The molecule has 0 radical (unpaired) electrons. The van der Waals surface area contributed by atoms with Gasteiger partial charge in [0.1, 0.15) is 23.1 Å². The highest BCUT2D eigenvalue weighted by Gasteiger charge is 2.23. The zero-order valence-corrected chi connectivity index (χ0v) is 21.0. The van der Waals surface area contributed by atoms with E-state index in [0.29, 0.717) is 33.7 Å². The van der Waals surface area contributed by atoms with Crippen molar-refractivity contribution in [3.8, 4) is 6.07 Å². The van der Waals surface area contributed by atoms with Crippen molar-refractivity contribution in [2.45, 2.75) is 33.1 Å². The van der Waals surface area contributed by atoms with E-state index in [-0.39, 0.29) is 22.5 Å². The molecule has 2 rings (SSSR count). The second-order valence-corrected chi connectivity index (χ2v) is 9.32. The van der Waals surface area contributed by atoms with Crippen molar-refractivity contribution in [3.05, 3.63) is 51.8 Å². The Labute approximate surface area is 202 Å². The number of carbonyl (C=O) groups excluding carboxylic acids is 2. The van der Waals surface area contributed by atoms with E-state index < -0.39 is 18.1 Å². The lowest BCUT2D eigenvalue weighted by molar-refractivity contribution is -0.137. The maximum absolute atomic E-state index is 11.9. The number of hydrogen-bond acceptors (Lipinski definition) is 8. The number of methoxy groups -OCH3 is 1. The van der Waals surface area contributed by atoms with Gasteiger partial charge in [-0.05, 0) is 35.2 Å². The fourth-order valence-corrected chi connectivity index (χ4v) is 3.61. The number of nitrogens with zero attached hydrogens (tertiary/aromatic N) is 3. The molecular weight excluding hydrogens is 466 g/mol. The van der Waals surface area contributed by atoms with Gasteiger partial charge >= 0.3 is 11.3 Å². The van der Waals surface area contributed by atoms with Gasteiger partial charge in [-0.1, -0.05) is 56.6 Å². The summed E-state index contributed by atoms with van der Waals surface area (Å²) in [6.45, 7) is 7.54. The van der Waals surface area contributed by atoms with Crippen molar-refractivity contribution in [3.63, 3.8) is 0 Å². The van der Waals surface area contributed by atoms with Gasteiger partial charge in [-0.3, -0.25) is 9.48 Å². The third-order valence-corrected chi connectivity index (χ3v) is 5.84. The van der Waals surface area contributed by atoms with Gasteiger partial charge in [0.15, 0.2) is 5.76 Å². The number of benzene rings is 1. The Hall–Kier alpha value is -2.96. The third-order valence-electron chi connectivity index (χ3n) is 4.66. The second kappa shape index (κ2) is 11.3. The normalized spacial score (nSPS) is 11.9. The first-order chi connectivity index (χ1) is 15.5. The van der Waals surface area contributed by atoms with Crippen LogP contribution in [0.15, 0.2) is 24.3 Å². The van der Waals surface area contributed by atoms with Crippen molar-refractivity contribution < 1.29 is 23.8 Å². The Morgan fingerprint density at radius 3 is 2.33 bits per heavy atom. The van der Waals surface area contributed by atoms with Gasteiger partial charge in [0.05, 0.1) is 17.8 Å². The molecular formula is C23H26ClN3O5S. The minimum absolute atomic E-state index is 0.0487. The molecule has 8 nitrogen and oxygen atoms in total. The molecule has 0 spiro atoms. The minimum Gasteiger partial charge on any atom is -0.468 e. The first-order valence-corrected chi connectivity index (χ1v) is 11.3. The van der Waals surface area contributed by atoms with Gasteiger partial charge in [0.2, 0.25) is 6.79 Å². The molecule has 0 N–H and O–H groups in total. The number of carbonyl (C=O) groups is 2. The number of halogens is 1. The number of aromatic nitrogens is 2. The predicted octanol–water partition coefficient (Wildman–Crippen LogP) is 5.09. The monoisotopic (exact) mass is 491 g/mol. The number of aryl methyl sites for hydroxylation is 2. The number of nitriles is 1. The van der Waals surface area contributed by atoms with Crippen LogP contribution in [0.25, 0.3) is 11.3 Å². The Kier molecular flexibility index (Phi) is 8.97. The number of ether oxygens (including phenoxy) is 3. The number of rotatable bonds is 7. The van der Waals surface area contributed by atoms with Crippen LogP contribution in [0.3, 0.4) is 0 Å². The Bertz CT molecular complexity index is 1100. The molecule has 0 fully saturated rings. The molecule has 1 aromatic heterocycles. The summed E-state index contributed by atoms with van der Waals surface area (Å²) in [5.41, 5.74) is 2.81. The average molecular weight is 492 g/mol. The number of esters is 1. The van der Waals surface area contributed by atoms with E-state index in [1.54, 1.807) is 14.0 Å². The zero-order chi connectivity index (χ0) is 24.8. The summed E-state index contributed by atoms with van der Waals surface area (Å²) >= 11 is 7.10. The molecule has 0 aliphatic heterocycles. The molecule has 2 aromatic rings. The van der Waals surface area contributed by atoms with Crippen molar-refractivity contribution in [2.75, 3.05) is 19.7 Å². The van der Waals surface area contributed by atoms with E-state index in [1.807, 2.05) is 24.3 Å². The number of hydrogen-bond donors (Lipinski definition) is 0.